The second kappa shape index (κ2) is 5.75. The molecule has 1 atom stereocenters. The summed E-state index contributed by atoms with van der Waals surface area (Å²) in [6, 6.07) is 5.24. The van der Waals surface area contributed by atoms with Gasteiger partial charge in [0.2, 0.25) is 10.0 Å². The summed E-state index contributed by atoms with van der Waals surface area (Å²) in [4.78, 5) is 4.54. The molecule has 0 aliphatic carbocycles. The Morgan fingerprint density at radius 1 is 1.48 bits per heavy atom. The van der Waals surface area contributed by atoms with Gasteiger partial charge in [-0.3, -0.25) is 0 Å². The number of thiazole rings is 1. The van der Waals surface area contributed by atoms with Crippen LogP contribution in [0.2, 0.25) is 0 Å². The molecule has 0 saturated heterocycles. The fourth-order valence-electron chi connectivity index (χ4n) is 2.33. The molecule has 0 spiro atoms. The van der Waals surface area contributed by atoms with E-state index in [-0.39, 0.29) is 5.92 Å². The summed E-state index contributed by atoms with van der Waals surface area (Å²) in [6.07, 6.45) is 2.60. The Bertz CT molecular complexity index is 727. The third-order valence-corrected chi connectivity index (χ3v) is 5.98. The van der Waals surface area contributed by atoms with Crippen molar-refractivity contribution in [2.75, 3.05) is 18.4 Å². The van der Waals surface area contributed by atoms with E-state index in [1.54, 1.807) is 18.3 Å². The maximum absolute atomic E-state index is 12.4. The van der Waals surface area contributed by atoms with E-state index < -0.39 is 10.0 Å². The maximum atomic E-state index is 12.4. The minimum absolute atomic E-state index is 0.0656. The Balaban J connectivity index is 1.72. The van der Waals surface area contributed by atoms with Gasteiger partial charge >= 0.3 is 0 Å². The van der Waals surface area contributed by atoms with E-state index in [9.17, 15) is 8.42 Å². The predicted molar refractivity (Wildman–Crippen MR) is 84.4 cm³/mol. The van der Waals surface area contributed by atoms with Gasteiger partial charge in [-0.25, -0.2) is 18.1 Å². The number of fused-ring (bicyclic) bond motifs is 1. The summed E-state index contributed by atoms with van der Waals surface area (Å²) in [5.41, 5.74) is 2.09. The number of sulfonamides is 1. The van der Waals surface area contributed by atoms with Crippen LogP contribution in [0.15, 0.2) is 34.7 Å². The first-order valence-corrected chi connectivity index (χ1v) is 9.18. The van der Waals surface area contributed by atoms with Crippen molar-refractivity contribution in [2.45, 2.75) is 24.2 Å². The summed E-state index contributed by atoms with van der Waals surface area (Å²) in [5.74, 6) is 0.0656. The SMILES string of the molecule is CC(CNS(=O)(=O)c1ccc2c(c1)CCN2)c1nccs1. The van der Waals surface area contributed by atoms with Gasteiger partial charge in [0.05, 0.1) is 9.90 Å². The van der Waals surface area contributed by atoms with Crippen LogP contribution in [0.25, 0.3) is 0 Å². The van der Waals surface area contributed by atoms with Crippen LogP contribution < -0.4 is 10.0 Å². The Kier molecular flexibility index (Phi) is 3.97. The fourth-order valence-corrected chi connectivity index (χ4v) is 4.21. The molecule has 2 N–H and O–H groups in total. The minimum Gasteiger partial charge on any atom is -0.384 e. The van der Waals surface area contributed by atoms with E-state index in [1.165, 1.54) is 11.3 Å². The van der Waals surface area contributed by atoms with Crippen molar-refractivity contribution in [3.8, 4) is 0 Å². The summed E-state index contributed by atoms with van der Waals surface area (Å²) < 4.78 is 27.4. The average Bonchev–Trinajstić information content (AvgIpc) is 3.14. The van der Waals surface area contributed by atoms with E-state index >= 15 is 0 Å². The third kappa shape index (κ3) is 3.09. The van der Waals surface area contributed by atoms with Crippen molar-refractivity contribution < 1.29 is 8.42 Å². The van der Waals surface area contributed by atoms with Crippen LogP contribution in [0, 0.1) is 0 Å². The number of hydrogen-bond acceptors (Lipinski definition) is 5. The molecule has 112 valence electrons. The van der Waals surface area contributed by atoms with Crippen LogP contribution in [0.5, 0.6) is 0 Å². The van der Waals surface area contributed by atoms with Gasteiger partial charge in [0.1, 0.15) is 0 Å². The standard InChI is InChI=1S/C14H17N3O2S2/c1-10(14-16-6-7-20-14)9-17-21(18,19)12-2-3-13-11(8-12)4-5-15-13/h2-3,6-8,10,15,17H,4-5,9H2,1H3. The lowest BCUT2D eigenvalue weighted by atomic mass is 10.2. The van der Waals surface area contributed by atoms with Crippen LogP contribution >= 0.6 is 11.3 Å². The van der Waals surface area contributed by atoms with E-state index in [4.69, 9.17) is 0 Å². The van der Waals surface area contributed by atoms with Crippen molar-refractivity contribution in [2.24, 2.45) is 0 Å². The largest absolute Gasteiger partial charge is 0.384 e. The number of hydrogen-bond donors (Lipinski definition) is 2. The van der Waals surface area contributed by atoms with Crippen molar-refractivity contribution >= 4 is 27.0 Å². The van der Waals surface area contributed by atoms with Gasteiger partial charge in [0.25, 0.3) is 0 Å². The Hall–Kier alpha value is -1.44. The normalized spacial score (nSPS) is 15.5. The highest BCUT2D eigenvalue weighted by atomic mass is 32.2. The molecule has 0 bridgehead atoms. The zero-order valence-electron chi connectivity index (χ0n) is 11.7. The van der Waals surface area contributed by atoms with Gasteiger partial charge in [-0.05, 0) is 30.2 Å². The van der Waals surface area contributed by atoms with Crippen LogP contribution in [-0.2, 0) is 16.4 Å². The quantitative estimate of drug-likeness (QED) is 0.885. The molecule has 1 unspecified atom stereocenters. The van der Waals surface area contributed by atoms with Crippen LogP contribution in [-0.4, -0.2) is 26.5 Å². The molecule has 1 aromatic carbocycles. The Morgan fingerprint density at radius 3 is 3.10 bits per heavy atom. The lowest BCUT2D eigenvalue weighted by Crippen LogP contribution is -2.27. The predicted octanol–water partition coefficient (Wildman–Crippen LogP) is 2.19. The molecule has 2 heterocycles. The maximum Gasteiger partial charge on any atom is 0.240 e. The van der Waals surface area contributed by atoms with E-state index in [0.29, 0.717) is 11.4 Å². The highest BCUT2D eigenvalue weighted by Crippen LogP contribution is 2.25. The van der Waals surface area contributed by atoms with Gasteiger partial charge < -0.3 is 5.32 Å². The molecule has 0 fully saturated rings. The second-order valence-corrected chi connectivity index (χ2v) is 7.81. The molecule has 0 saturated carbocycles. The van der Waals surface area contributed by atoms with Gasteiger partial charge in [-0.2, -0.15) is 0 Å². The lowest BCUT2D eigenvalue weighted by Gasteiger charge is -2.11. The molecule has 21 heavy (non-hydrogen) atoms. The Labute approximate surface area is 128 Å². The minimum atomic E-state index is -3.47. The fraction of sp³-hybridized carbons (Fsp3) is 0.357. The van der Waals surface area contributed by atoms with E-state index in [0.717, 1.165) is 29.2 Å². The zero-order chi connectivity index (χ0) is 14.9. The summed E-state index contributed by atoms with van der Waals surface area (Å²) in [7, 11) is -3.47. The first kappa shape index (κ1) is 14.5. The van der Waals surface area contributed by atoms with Crippen LogP contribution in [0.3, 0.4) is 0 Å². The van der Waals surface area contributed by atoms with Crippen molar-refractivity contribution in [1.29, 1.82) is 0 Å². The topological polar surface area (TPSA) is 71.1 Å². The molecular formula is C14H17N3O2S2. The van der Waals surface area contributed by atoms with Gasteiger partial charge in [-0.1, -0.05) is 6.92 Å². The highest BCUT2D eigenvalue weighted by molar-refractivity contribution is 7.89. The molecule has 1 aliphatic heterocycles. The summed E-state index contributed by atoms with van der Waals surface area (Å²) >= 11 is 1.54. The zero-order valence-corrected chi connectivity index (χ0v) is 13.3. The first-order chi connectivity index (χ1) is 10.1. The van der Waals surface area contributed by atoms with Crippen LogP contribution in [0.4, 0.5) is 5.69 Å². The van der Waals surface area contributed by atoms with Crippen molar-refractivity contribution in [1.82, 2.24) is 9.71 Å². The second-order valence-electron chi connectivity index (χ2n) is 5.12. The van der Waals surface area contributed by atoms with Crippen LogP contribution in [0.1, 0.15) is 23.4 Å². The molecule has 0 radical (unpaired) electrons. The highest BCUT2D eigenvalue weighted by Gasteiger charge is 2.19. The number of nitrogens with one attached hydrogen (secondary N) is 2. The van der Waals surface area contributed by atoms with Gasteiger partial charge in [-0.15, -0.1) is 11.3 Å². The first-order valence-electron chi connectivity index (χ1n) is 6.82. The molecule has 1 aromatic heterocycles. The lowest BCUT2D eigenvalue weighted by molar-refractivity contribution is 0.574. The molecular weight excluding hydrogens is 306 g/mol. The molecule has 7 heteroatoms. The molecule has 0 amide bonds. The molecule has 3 rings (SSSR count). The number of aromatic nitrogens is 1. The average molecular weight is 323 g/mol. The molecule has 1 aliphatic rings. The monoisotopic (exact) mass is 323 g/mol. The van der Waals surface area contributed by atoms with Crippen molar-refractivity contribution in [3.05, 3.63) is 40.3 Å². The molecule has 5 nitrogen and oxygen atoms in total. The summed E-state index contributed by atoms with van der Waals surface area (Å²) in [6.45, 7) is 3.19. The Morgan fingerprint density at radius 2 is 2.33 bits per heavy atom. The van der Waals surface area contributed by atoms with E-state index in [2.05, 4.69) is 15.0 Å². The van der Waals surface area contributed by atoms with Crippen molar-refractivity contribution in [3.63, 3.8) is 0 Å². The number of nitrogens with zero attached hydrogens (tertiary/aromatic N) is 1. The number of rotatable bonds is 5. The third-order valence-electron chi connectivity index (χ3n) is 3.55. The van der Waals surface area contributed by atoms with Gasteiger partial charge in [0.15, 0.2) is 0 Å². The molecule has 2 aromatic rings. The van der Waals surface area contributed by atoms with Gasteiger partial charge in [0, 0.05) is 36.3 Å². The van der Waals surface area contributed by atoms with E-state index in [1.807, 2.05) is 18.4 Å². The number of anilines is 1. The number of benzene rings is 1. The smallest absolute Gasteiger partial charge is 0.240 e. The summed E-state index contributed by atoms with van der Waals surface area (Å²) in [5, 5.41) is 6.06.